The third-order valence-electron chi connectivity index (χ3n) is 2.37. The van der Waals surface area contributed by atoms with Gasteiger partial charge in [-0.25, -0.2) is 4.39 Å². The van der Waals surface area contributed by atoms with Crippen molar-refractivity contribution in [2.24, 2.45) is 0 Å². The molecule has 1 nitrogen and oxygen atoms in total. The smallest absolute Gasteiger partial charge is 0.152 e. The SMILES string of the molecule is N#CC#Cc1cccc(F)c1C#Cc1ccccc1. The maximum Gasteiger partial charge on any atom is 0.152 e. The molecule has 0 N–H and O–H groups in total. The first-order valence-corrected chi connectivity index (χ1v) is 5.57. The number of rotatable bonds is 0. The van der Waals surface area contributed by atoms with Gasteiger partial charge >= 0.3 is 0 Å². The van der Waals surface area contributed by atoms with Crippen molar-refractivity contribution >= 4 is 0 Å². The number of benzene rings is 2. The highest BCUT2D eigenvalue weighted by molar-refractivity contribution is 5.54. The molecule has 2 aromatic rings. The van der Waals surface area contributed by atoms with Crippen LogP contribution in [0.5, 0.6) is 0 Å². The zero-order valence-corrected chi connectivity index (χ0v) is 9.94. The van der Waals surface area contributed by atoms with Gasteiger partial charge in [0.25, 0.3) is 0 Å². The molecule has 0 bridgehead atoms. The van der Waals surface area contributed by atoms with Gasteiger partial charge in [-0.3, -0.25) is 0 Å². The first kappa shape index (κ1) is 12.4. The Morgan fingerprint density at radius 1 is 0.842 bits per heavy atom. The molecule has 0 spiro atoms. The largest absolute Gasteiger partial charge is 0.206 e. The summed E-state index contributed by atoms with van der Waals surface area (Å²) in [6.07, 6.45) is 0. The van der Waals surface area contributed by atoms with Gasteiger partial charge in [0.05, 0.1) is 5.56 Å². The molecule has 0 amide bonds. The van der Waals surface area contributed by atoms with E-state index in [9.17, 15) is 4.39 Å². The summed E-state index contributed by atoms with van der Waals surface area (Å²) < 4.78 is 13.7. The van der Waals surface area contributed by atoms with Crippen molar-refractivity contribution < 1.29 is 4.39 Å². The second-order valence-corrected chi connectivity index (χ2v) is 3.64. The zero-order valence-electron chi connectivity index (χ0n) is 9.94. The molecule has 0 fully saturated rings. The van der Waals surface area contributed by atoms with Gasteiger partial charge < -0.3 is 0 Å². The minimum absolute atomic E-state index is 0.217. The second kappa shape index (κ2) is 6.06. The quantitative estimate of drug-likeness (QED) is 0.654. The number of nitriles is 1. The third kappa shape index (κ3) is 3.22. The monoisotopic (exact) mass is 245 g/mol. The van der Waals surface area contributed by atoms with Crippen LogP contribution in [-0.2, 0) is 0 Å². The molecule has 0 atom stereocenters. The van der Waals surface area contributed by atoms with Gasteiger partial charge in [0.15, 0.2) is 6.07 Å². The molecule has 0 unspecified atom stereocenters. The van der Waals surface area contributed by atoms with Crippen molar-refractivity contribution in [1.29, 1.82) is 5.26 Å². The van der Waals surface area contributed by atoms with E-state index >= 15 is 0 Å². The number of halogens is 1. The molecule has 19 heavy (non-hydrogen) atoms. The summed E-state index contributed by atoms with van der Waals surface area (Å²) in [6.45, 7) is 0. The van der Waals surface area contributed by atoms with Gasteiger partial charge in [0.2, 0.25) is 0 Å². The fourth-order valence-electron chi connectivity index (χ4n) is 1.51. The normalized spacial score (nSPS) is 8.42. The van der Waals surface area contributed by atoms with Crippen molar-refractivity contribution in [3.8, 4) is 29.8 Å². The topological polar surface area (TPSA) is 23.8 Å². The van der Waals surface area contributed by atoms with Gasteiger partial charge in [0, 0.05) is 17.0 Å². The Kier molecular flexibility index (Phi) is 3.97. The molecule has 2 aromatic carbocycles. The summed E-state index contributed by atoms with van der Waals surface area (Å²) >= 11 is 0. The molecule has 0 radical (unpaired) electrons. The highest BCUT2D eigenvalue weighted by Gasteiger charge is 2.03. The molecule has 0 aromatic heterocycles. The Labute approximate surface area is 111 Å². The first-order chi connectivity index (χ1) is 9.31. The van der Waals surface area contributed by atoms with Gasteiger partial charge in [-0.1, -0.05) is 36.1 Å². The van der Waals surface area contributed by atoms with Crippen molar-refractivity contribution in [2.45, 2.75) is 0 Å². The van der Waals surface area contributed by atoms with Crippen LogP contribution in [0.25, 0.3) is 0 Å². The Bertz CT molecular complexity index is 747. The Hall–Kier alpha value is -3.02. The van der Waals surface area contributed by atoms with Gasteiger partial charge in [-0.15, -0.1) is 0 Å². The predicted octanol–water partition coefficient (Wildman–Crippen LogP) is 3.10. The summed E-state index contributed by atoms with van der Waals surface area (Å²) in [5.41, 5.74) is 1.43. The van der Waals surface area contributed by atoms with Crippen molar-refractivity contribution in [2.75, 3.05) is 0 Å². The van der Waals surface area contributed by atoms with Crippen LogP contribution < -0.4 is 0 Å². The van der Waals surface area contributed by atoms with Crippen LogP contribution in [-0.4, -0.2) is 0 Å². The molecule has 2 rings (SSSR count). The van der Waals surface area contributed by atoms with E-state index in [-0.39, 0.29) is 5.56 Å². The van der Waals surface area contributed by atoms with E-state index < -0.39 is 5.82 Å². The minimum atomic E-state index is -0.437. The number of hydrogen-bond acceptors (Lipinski definition) is 1. The molecule has 0 aliphatic heterocycles. The molecule has 88 valence electrons. The zero-order chi connectivity index (χ0) is 13.5. The molecule has 0 saturated carbocycles. The Balaban J connectivity index is 2.46. The second-order valence-electron chi connectivity index (χ2n) is 3.64. The van der Waals surface area contributed by atoms with Crippen LogP contribution >= 0.6 is 0 Å². The fourth-order valence-corrected chi connectivity index (χ4v) is 1.51. The molecule has 0 aliphatic rings. The summed E-state index contributed by atoms with van der Waals surface area (Å²) in [7, 11) is 0. The highest BCUT2D eigenvalue weighted by Crippen LogP contribution is 2.11. The molecule has 0 saturated heterocycles. The van der Waals surface area contributed by atoms with Crippen LogP contribution in [0, 0.1) is 40.8 Å². The van der Waals surface area contributed by atoms with E-state index in [1.54, 1.807) is 18.2 Å². The van der Waals surface area contributed by atoms with E-state index in [1.807, 2.05) is 30.3 Å². The third-order valence-corrected chi connectivity index (χ3v) is 2.37. The summed E-state index contributed by atoms with van der Waals surface area (Å²) in [6, 6.07) is 15.5. The fraction of sp³-hybridized carbons (Fsp3) is 0. The van der Waals surface area contributed by atoms with E-state index in [0.29, 0.717) is 5.56 Å². The van der Waals surface area contributed by atoms with E-state index in [0.717, 1.165) is 5.56 Å². The lowest BCUT2D eigenvalue weighted by Crippen LogP contribution is -1.89. The molecular weight excluding hydrogens is 237 g/mol. The predicted molar refractivity (Wildman–Crippen MR) is 71.3 cm³/mol. The summed E-state index contributed by atoms with van der Waals surface area (Å²) in [5, 5.41) is 8.44. The van der Waals surface area contributed by atoms with Crippen molar-refractivity contribution in [3.05, 3.63) is 71.0 Å². The molecule has 0 heterocycles. The van der Waals surface area contributed by atoms with Crippen LogP contribution in [0.4, 0.5) is 4.39 Å². The molecule has 2 heteroatoms. The lowest BCUT2D eigenvalue weighted by molar-refractivity contribution is 0.624. The van der Waals surface area contributed by atoms with Crippen LogP contribution in [0.2, 0.25) is 0 Å². The van der Waals surface area contributed by atoms with Crippen molar-refractivity contribution in [3.63, 3.8) is 0 Å². The maximum atomic E-state index is 13.7. The van der Waals surface area contributed by atoms with Gasteiger partial charge in [-0.05, 0) is 30.2 Å². The van der Waals surface area contributed by atoms with E-state index in [1.165, 1.54) is 6.07 Å². The average molecular weight is 245 g/mol. The number of hydrogen-bond donors (Lipinski definition) is 0. The van der Waals surface area contributed by atoms with E-state index in [4.69, 9.17) is 5.26 Å². The Morgan fingerprint density at radius 2 is 1.63 bits per heavy atom. The summed E-state index contributed by atoms with van der Waals surface area (Å²) in [4.78, 5) is 0. The molecular formula is C17H8FN. The van der Waals surface area contributed by atoms with Crippen LogP contribution in [0.15, 0.2) is 48.5 Å². The van der Waals surface area contributed by atoms with Crippen molar-refractivity contribution in [1.82, 2.24) is 0 Å². The van der Waals surface area contributed by atoms with Gasteiger partial charge in [0.1, 0.15) is 5.82 Å². The van der Waals surface area contributed by atoms with Gasteiger partial charge in [-0.2, -0.15) is 5.26 Å². The molecule has 0 aliphatic carbocycles. The maximum absolute atomic E-state index is 13.7. The number of nitrogens with zero attached hydrogens (tertiary/aromatic N) is 1. The minimum Gasteiger partial charge on any atom is -0.206 e. The first-order valence-electron chi connectivity index (χ1n) is 5.57. The standard InChI is InChI=1S/C17H8FN/c18-17-10-4-8-15(9-5-13-19)16(17)12-11-14-6-2-1-3-7-14/h1-4,6-8,10H. The van der Waals surface area contributed by atoms with Crippen LogP contribution in [0.3, 0.4) is 0 Å². The summed E-state index contributed by atoms with van der Waals surface area (Å²) in [5.74, 6) is 10.0. The highest BCUT2D eigenvalue weighted by atomic mass is 19.1. The Morgan fingerprint density at radius 3 is 2.37 bits per heavy atom. The average Bonchev–Trinajstić information content (AvgIpc) is 2.45. The lowest BCUT2D eigenvalue weighted by Gasteiger charge is -1.97. The van der Waals surface area contributed by atoms with Crippen LogP contribution in [0.1, 0.15) is 16.7 Å². The lowest BCUT2D eigenvalue weighted by atomic mass is 10.1. The van der Waals surface area contributed by atoms with E-state index in [2.05, 4.69) is 23.7 Å².